The molecule has 1 aromatic heterocycles. The van der Waals surface area contributed by atoms with Crippen molar-refractivity contribution in [2.45, 2.75) is 25.6 Å². The number of hydrogen-bond acceptors (Lipinski definition) is 4. The molecule has 7 heteroatoms. The molecule has 0 N–H and O–H groups in total. The Hall–Kier alpha value is -3.48. The van der Waals surface area contributed by atoms with Crippen LogP contribution < -0.4 is 0 Å². The highest BCUT2D eigenvalue weighted by Gasteiger charge is 2.38. The number of hydrogen-bond donors (Lipinski definition) is 0. The molecule has 0 saturated heterocycles. The second-order valence-electron chi connectivity index (χ2n) is 6.93. The third-order valence-corrected chi connectivity index (χ3v) is 5.14. The molecule has 6 nitrogen and oxygen atoms in total. The standard InChI is InChI=1S/C22H20FN3O3/c1-29-22(28)19-11-18-20(25(14-24-18)12-15-5-3-2-4-6-15)13-26(19)21(27)16-7-9-17(23)10-8-16/h2-10,14,19H,11-13H2,1H3/t19-/m0/s1. The first-order chi connectivity index (χ1) is 14.1. The fraction of sp³-hybridized carbons (Fsp3) is 0.227. The Kier molecular flexibility index (Phi) is 5.12. The van der Waals surface area contributed by atoms with Gasteiger partial charge in [-0.2, -0.15) is 0 Å². The van der Waals surface area contributed by atoms with E-state index in [1.54, 1.807) is 6.33 Å². The maximum absolute atomic E-state index is 13.3. The topological polar surface area (TPSA) is 64.4 Å². The van der Waals surface area contributed by atoms with Crippen molar-refractivity contribution in [2.24, 2.45) is 0 Å². The normalized spacial score (nSPS) is 15.7. The number of imidazole rings is 1. The largest absolute Gasteiger partial charge is 0.467 e. The number of ether oxygens (including phenoxy) is 1. The number of esters is 1. The van der Waals surface area contributed by atoms with E-state index in [-0.39, 0.29) is 18.9 Å². The van der Waals surface area contributed by atoms with Crippen molar-refractivity contribution in [1.29, 1.82) is 0 Å². The monoisotopic (exact) mass is 393 g/mol. The van der Waals surface area contributed by atoms with E-state index in [0.29, 0.717) is 12.1 Å². The molecule has 4 rings (SSSR count). The van der Waals surface area contributed by atoms with Gasteiger partial charge >= 0.3 is 5.97 Å². The zero-order valence-electron chi connectivity index (χ0n) is 15.9. The number of carbonyl (C=O) groups excluding carboxylic acids is 2. The van der Waals surface area contributed by atoms with Crippen molar-refractivity contribution in [3.8, 4) is 0 Å². The summed E-state index contributed by atoms with van der Waals surface area (Å²) in [6.07, 6.45) is 2.01. The van der Waals surface area contributed by atoms with E-state index in [2.05, 4.69) is 4.98 Å². The summed E-state index contributed by atoms with van der Waals surface area (Å²) < 4.78 is 20.2. The van der Waals surface area contributed by atoms with Gasteiger partial charge in [-0.25, -0.2) is 14.2 Å². The Balaban J connectivity index is 1.66. The van der Waals surface area contributed by atoms with Gasteiger partial charge in [-0.05, 0) is 29.8 Å². The second kappa shape index (κ2) is 7.87. The third kappa shape index (κ3) is 3.76. The van der Waals surface area contributed by atoms with Crippen LogP contribution in [0.2, 0.25) is 0 Å². The Bertz CT molecular complexity index is 1030. The predicted molar refractivity (Wildman–Crippen MR) is 104 cm³/mol. The summed E-state index contributed by atoms with van der Waals surface area (Å²) in [5, 5.41) is 0. The minimum absolute atomic E-state index is 0.220. The van der Waals surface area contributed by atoms with Crippen LogP contribution in [0.4, 0.5) is 4.39 Å². The Morgan fingerprint density at radius 1 is 1.14 bits per heavy atom. The highest BCUT2D eigenvalue weighted by molar-refractivity contribution is 5.97. The highest BCUT2D eigenvalue weighted by Crippen LogP contribution is 2.26. The van der Waals surface area contributed by atoms with Gasteiger partial charge in [0, 0.05) is 18.5 Å². The zero-order valence-corrected chi connectivity index (χ0v) is 15.9. The van der Waals surface area contributed by atoms with Crippen molar-refractivity contribution >= 4 is 11.9 Å². The molecule has 29 heavy (non-hydrogen) atoms. The highest BCUT2D eigenvalue weighted by atomic mass is 19.1. The van der Waals surface area contributed by atoms with Gasteiger partial charge in [0.1, 0.15) is 11.9 Å². The molecule has 2 heterocycles. The van der Waals surface area contributed by atoms with Crippen LogP contribution in [0.1, 0.15) is 27.3 Å². The minimum atomic E-state index is -0.773. The average molecular weight is 393 g/mol. The van der Waals surface area contributed by atoms with Crippen LogP contribution in [0.5, 0.6) is 0 Å². The molecule has 0 spiro atoms. The van der Waals surface area contributed by atoms with Gasteiger partial charge in [0.2, 0.25) is 0 Å². The minimum Gasteiger partial charge on any atom is -0.467 e. The van der Waals surface area contributed by atoms with Gasteiger partial charge in [0.05, 0.1) is 31.4 Å². The number of nitrogens with zero attached hydrogens (tertiary/aromatic N) is 3. The zero-order chi connectivity index (χ0) is 20.4. The van der Waals surface area contributed by atoms with E-state index in [9.17, 15) is 14.0 Å². The maximum Gasteiger partial charge on any atom is 0.329 e. The van der Waals surface area contributed by atoms with E-state index in [0.717, 1.165) is 17.0 Å². The number of carbonyl (C=O) groups is 2. The molecule has 1 aliphatic rings. The van der Waals surface area contributed by atoms with Crippen LogP contribution in [-0.4, -0.2) is 39.5 Å². The summed E-state index contributed by atoms with van der Waals surface area (Å²) in [6.45, 7) is 0.836. The Morgan fingerprint density at radius 3 is 2.55 bits per heavy atom. The number of rotatable bonds is 4. The van der Waals surface area contributed by atoms with E-state index < -0.39 is 17.8 Å². The van der Waals surface area contributed by atoms with Crippen LogP contribution in [0.15, 0.2) is 60.9 Å². The van der Waals surface area contributed by atoms with Crippen LogP contribution in [0, 0.1) is 5.82 Å². The molecule has 0 aliphatic carbocycles. The van der Waals surface area contributed by atoms with Crippen LogP contribution in [0.3, 0.4) is 0 Å². The smallest absolute Gasteiger partial charge is 0.329 e. The van der Waals surface area contributed by atoms with Gasteiger partial charge in [-0.1, -0.05) is 30.3 Å². The molecular weight excluding hydrogens is 373 g/mol. The number of benzene rings is 2. The van der Waals surface area contributed by atoms with Crippen LogP contribution in [-0.2, 0) is 29.0 Å². The van der Waals surface area contributed by atoms with Crippen molar-refractivity contribution in [1.82, 2.24) is 14.5 Å². The molecule has 0 saturated carbocycles. The summed E-state index contributed by atoms with van der Waals surface area (Å²) in [7, 11) is 1.30. The number of halogens is 1. The molecule has 3 aromatic rings. The molecule has 0 fully saturated rings. The van der Waals surface area contributed by atoms with E-state index in [1.807, 2.05) is 34.9 Å². The predicted octanol–water partition coefficient (Wildman–Crippen LogP) is 2.81. The van der Waals surface area contributed by atoms with Gasteiger partial charge in [0.25, 0.3) is 5.91 Å². The first kappa shape index (κ1) is 18.9. The molecular formula is C22H20FN3O3. The van der Waals surface area contributed by atoms with Crippen molar-refractivity contribution in [3.05, 3.63) is 89.3 Å². The quantitative estimate of drug-likeness (QED) is 0.640. The maximum atomic E-state index is 13.3. The summed E-state index contributed by atoms with van der Waals surface area (Å²) >= 11 is 0. The number of aromatic nitrogens is 2. The Labute approximate surface area is 167 Å². The Morgan fingerprint density at radius 2 is 1.86 bits per heavy atom. The molecule has 148 valence electrons. The second-order valence-corrected chi connectivity index (χ2v) is 6.93. The molecule has 0 bridgehead atoms. The molecule has 1 aliphatic heterocycles. The number of amides is 1. The van der Waals surface area contributed by atoms with Crippen molar-refractivity contribution < 1.29 is 18.7 Å². The molecule has 1 amide bonds. The van der Waals surface area contributed by atoms with Gasteiger partial charge in [0.15, 0.2) is 0 Å². The fourth-order valence-electron chi connectivity index (χ4n) is 3.60. The lowest BCUT2D eigenvalue weighted by Crippen LogP contribution is -2.49. The van der Waals surface area contributed by atoms with Gasteiger partial charge < -0.3 is 14.2 Å². The number of methoxy groups -OCH3 is 1. The first-order valence-electron chi connectivity index (χ1n) is 9.28. The van der Waals surface area contributed by atoms with Crippen molar-refractivity contribution in [3.63, 3.8) is 0 Å². The van der Waals surface area contributed by atoms with Crippen LogP contribution >= 0.6 is 0 Å². The molecule has 1 atom stereocenters. The first-order valence-corrected chi connectivity index (χ1v) is 9.28. The molecule has 2 aromatic carbocycles. The van der Waals surface area contributed by atoms with Gasteiger partial charge in [-0.15, -0.1) is 0 Å². The summed E-state index contributed by atoms with van der Waals surface area (Å²) in [5.41, 5.74) is 3.08. The van der Waals surface area contributed by atoms with E-state index in [4.69, 9.17) is 4.74 Å². The number of fused-ring (bicyclic) bond motifs is 1. The lowest BCUT2D eigenvalue weighted by Gasteiger charge is -2.34. The third-order valence-electron chi connectivity index (χ3n) is 5.14. The SMILES string of the molecule is COC(=O)[C@@H]1Cc2ncn(Cc3ccccc3)c2CN1C(=O)c1ccc(F)cc1. The summed E-state index contributed by atoms with van der Waals surface area (Å²) in [6, 6.07) is 14.5. The van der Waals surface area contributed by atoms with E-state index in [1.165, 1.54) is 36.3 Å². The van der Waals surface area contributed by atoms with E-state index >= 15 is 0 Å². The lowest BCUT2D eigenvalue weighted by atomic mass is 10.0. The molecule has 0 unspecified atom stereocenters. The summed E-state index contributed by atoms with van der Waals surface area (Å²) in [4.78, 5) is 31.4. The fourth-order valence-corrected chi connectivity index (χ4v) is 3.60. The molecule has 0 radical (unpaired) electrons. The van der Waals surface area contributed by atoms with Crippen LogP contribution in [0.25, 0.3) is 0 Å². The average Bonchev–Trinajstić information content (AvgIpc) is 3.14. The lowest BCUT2D eigenvalue weighted by molar-refractivity contribution is -0.146. The van der Waals surface area contributed by atoms with Crippen molar-refractivity contribution in [2.75, 3.05) is 7.11 Å². The van der Waals surface area contributed by atoms with Gasteiger partial charge in [-0.3, -0.25) is 4.79 Å². The summed E-state index contributed by atoms with van der Waals surface area (Å²) in [5.74, 6) is -1.27.